The summed E-state index contributed by atoms with van der Waals surface area (Å²) in [6.45, 7) is 6.84. The van der Waals surface area contributed by atoms with Gasteiger partial charge in [-0.1, -0.05) is 22.9 Å². The van der Waals surface area contributed by atoms with Gasteiger partial charge in [0.25, 0.3) is 5.91 Å². The molecule has 1 amide bonds. The topological polar surface area (TPSA) is 41.6 Å². The Morgan fingerprint density at radius 1 is 1.48 bits per heavy atom. The van der Waals surface area contributed by atoms with Crippen LogP contribution in [0.2, 0.25) is 0 Å². The van der Waals surface area contributed by atoms with Gasteiger partial charge in [0.2, 0.25) is 0 Å². The molecule has 1 aromatic carbocycles. The summed E-state index contributed by atoms with van der Waals surface area (Å²) in [5.41, 5.74) is 0. The minimum Gasteiger partial charge on any atom is -0.481 e. The van der Waals surface area contributed by atoms with Gasteiger partial charge >= 0.3 is 0 Å². The van der Waals surface area contributed by atoms with Crippen LogP contribution in [0.1, 0.15) is 26.7 Å². The number of carbonyl (C=O) groups is 1. The third kappa shape index (κ3) is 4.71. The van der Waals surface area contributed by atoms with E-state index in [0.29, 0.717) is 18.3 Å². The maximum Gasteiger partial charge on any atom is 0.260 e. The van der Waals surface area contributed by atoms with E-state index >= 15 is 0 Å². The van der Waals surface area contributed by atoms with Crippen molar-refractivity contribution in [2.75, 3.05) is 19.6 Å². The van der Waals surface area contributed by atoms with Crippen molar-refractivity contribution in [3.05, 3.63) is 28.7 Å². The Morgan fingerprint density at radius 3 is 2.86 bits per heavy atom. The van der Waals surface area contributed by atoms with E-state index in [4.69, 9.17) is 4.74 Å². The molecule has 4 nitrogen and oxygen atoms in total. The number of hydrogen-bond acceptors (Lipinski definition) is 3. The van der Waals surface area contributed by atoms with E-state index in [1.807, 2.05) is 24.3 Å². The largest absolute Gasteiger partial charge is 0.481 e. The van der Waals surface area contributed by atoms with Crippen LogP contribution in [0.4, 0.5) is 0 Å². The first-order chi connectivity index (χ1) is 10.1. The first-order valence-corrected chi connectivity index (χ1v) is 8.33. The number of rotatable bonds is 6. The lowest BCUT2D eigenvalue weighted by atomic mass is 10.2. The summed E-state index contributed by atoms with van der Waals surface area (Å²) in [6, 6.07) is 7.97. The Bertz CT molecular complexity index is 464. The molecule has 21 heavy (non-hydrogen) atoms. The van der Waals surface area contributed by atoms with Crippen LogP contribution in [-0.2, 0) is 4.79 Å². The molecular weight excluding hydrogens is 332 g/mol. The molecule has 0 saturated carbocycles. The van der Waals surface area contributed by atoms with Gasteiger partial charge in [0.15, 0.2) is 6.10 Å². The van der Waals surface area contributed by atoms with E-state index < -0.39 is 6.10 Å². The predicted octanol–water partition coefficient (Wildman–Crippen LogP) is 2.82. The zero-order valence-corrected chi connectivity index (χ0v) is 14.2. The Balaban J connectivity index is 1.78. The van der Waals surface area contributed by atoms with Gasteiger partial charge in [0.05, 0.1) is 0 Å². The predicted molar refractivity (Wildman–Crippen MR) is 87.5 cm³/mol. The summed E-state index contributed by atoms with van der Waals surface area (Å²) < 4.78 is 6.65. The van der Waals surface area contributed by atoms with E-state index in [2.05, 4.69) is 33.1 Å². The van der Waals surface area contributed by atoms with Gasteiger partial charge in [0.1, 0.15) is 5.75 Å². The monoisotopic (exact) mass is 354 g/mol. The van der Waals surface area contributed by atoms with Gasteiger partial charge in [-0.2, -0.15) is 0 Å². The molecular formula is C16H23BrN2O2. The number of halogens is 1. The van der Waals surface area contributed by atoms with E-state index in [1.54, 1.807) is 6.92 Å². The van der Waals surface area contributed by atoms with Crippen molar-refractivity contribution >= 4 is 21.8 Å². The van der Waals surface area contributed by atoms with E-state index in [9.17, 15) is 4.79 Å². The Kier molecular flexibility index (Phi) is 6.06. The molecule has 1 saturated heterocycles. The number of likely N-dealkylation sites (N-methyl/N-ethyl adjacent to an activating group) is 1. The third-order valence-electron chi connectivity index (χ3n) is 3.91. The molecule has 1 aliphatic rings. The highest BCUT2D eigenvalue weighted by atomic mass is 79.9. The van der Waals surface area contributed by atoms with E-state index in [-0.39, 0.29) is 5.91 Å². The van der Waals surface area contributed by atoms with Crippen LogP contribution in [-0.4, -0.2) is 42.6 Å². The zero-order valence-electron chi connectivity index (χ0n) is 12.6. The molecule has 0 spiro atoms. The molecule has 0 radical (unpaired) electrons. The minimum absolute atomic E-state index is 0.0547. The van der Waals surface area contributed by atoms with Gasteiger partial charge < -0.3 is 10.1 Å². The molecule has 5 heteroatoms. The van der Waals surface area contributed by atoms with Crippen molar-refractivity contribution in [3.8, 4) is 5.75 Å². The summed E-state index contributed by atoms with van der Waals surface area (Å²) in [5, 5.41) is 3.01. The second-order valence-corrected chi connectivity index (χ2v) is 6.30. The summed E-state index contributed by atoms with van der Waals surface area (Å²) in [4.78, 5) is 14.5. The fraction of sp³-hybridized carbons (Fsp3) is 0.562. The summed E-state index contributed by atoms with van der Waals surface area (Å²) in [7, 11) is 0. The third-order valence-corrected chi connectivity index (χ3v) is 4.44. The van der Waals surface area contributed by atoms with Gasteiger partial charge in [-0.15, -0.1) is 0 Å². The molecule has 0 aromatic heterocycles. The lowest BCUT2D eigenvalue weighted by molar-refractivity contribution is -0.127. The molecule has 1 fully saturated rings. The molecule has 1 aliphatic heterocycles. The van der Waals surface area contributed by atoms with Gasteiger partial charge in [0, 0.05) is 17.1 Å². The highest BCUT2D eigenvalue weighted by Gasteiger charge is 2.24. The molecule has 1 heterocycles. The Hall–Kier alpha value is -1.07. The summed E-state index contributed by atoms with van der Waals surface area (Å²) in [5.74, 6) is 0.651. The number of likely N-dealkylation sites (tertiary alicyclic amines) is 1. The van der Waals surface area contributed by atoms with Crippen molar-refractivity contribution in [2.24, 2.45) is 0 Å². The molecule has 116 valence electrons. The standard InChI is InChI=1S/C16H23BrN2O2/c1-3-19-10-4-5-14(19)11-18-16(20)12(2)21-15-8-6-13(17)7-9-15/h6-9,12,14H,3-5,10-11H2,1-2H3,(H,18,20). The van der Waals surface area contributed by atoms with Crippen LogP contribution in [0.5, 0.6) is 5.75 Å². The van der Waals surface area contributed by atoms with Gasteiger partial charge in [-0.25, -0.2) is 0 Å². The van der Waals surface area contributed by atoms with Crippen molar-refractivity contribution in [1.29, 1.82) is 0 Å². The van der Waals surface area contributed by atoms with Crippen molar-refractivity contribution in [2.45, 2.75) is 38.8 Å². The second kappa shape index (κ2) is 7.80. The quantitative estimate of drug-likeness (QED) is 0.853. The fourth-order valence-electron chi connectivity index (χ4n) is 2.68. The first kappa shape index (κ1) is 16.3. The smallest absolute Gasteiger partial charge is 0.260 e. The summed E-state index contributed by atoms with van der Waals surface area (Å²) >= 11 is 3.38. The lowest BCUT2D eigenvalue weighted by Crippen LogP contribution is -2.44. The van der Waals surface area contributed by atoms with E-state index in [0.717, 1.165) is 24.0 Å². The molecule has 2 rings (SSSR count). The minimum atomic E-state index is -0.484. The normalized spacial score (nSPS) is 20.2. The second-order valence-electron chi connectivity index (χ2n) is 5.38. The van der Waals surface area contributed by atoms with Crippen LogP contribution in [0, 0.1) is 0 Å². The molecule has 1 N–H and O–H groups in total. The number of benzene rings is 1. The van der Waals surface area contributed by atoms with Crippen LogP contribution < -0.4 is 10.1 Å². The lowest BCUT2D eigenvalue weighted by Gasteiger charge is -2.23. The van der Waals surface area contributed by atoms with Crippen molar-refractivity contribution in [1.82, 2.24) is 10.2 Å². The number of ether oxygens (including phenoxy) is 1. The number of nitrogens with one attached hydrogen (secondary N) is 1. The molecule has 0 aliphatic carbocycles. The maximum absolute atomic E-state index is 12.1. The number of amides is 1. The highest BCUT2D eigenvalue weighted by molar-refractivity contribution is 9.10. The van der Waals surface area contributed by atoms with Crippen molar-refractivity contribution in [3.63, 3.8) is 0 Å². The van der Waals surface area contributed by atoms with Gasteiger partial charge in [-0.3, -0.25) is 9.69 Å². The number of nitrogens with zero attached hydrogens (tertiary/aromatic N) is 1. The molecule has 2 unspecified atom stereocenters. The van der Waals surface area contributed by atoms with Crippen molar-refractivity contribution < 1.29 is 9.53 Å². The van der Waals surface area contributed by atoms with Crippen LogP contribution in [0.15, 0.2) is 28.7 Å². The molecule has 2 atom stereocenters. The maximum atomic E-state index is 12.1. The Morgan fingerprint density at radius 2 is 2.19 bits per heavy atom. The Labute approximate surface area is 135 Å². The molecule has 1 aromatic rings. The average molecular weight is 355 g/mol. The SMILES string of the molecule is CCN1CCCC1CNC(=O)C(C)Oc1ccc(Br)cc1. The number of hydrogen-bond donors (Lipinski definition) is 1. The number of carbonyl (C=O) groups excluding carboxylic acids is 1. The highest BCUT2D eigenvalue weighted by Crippen LogP contribution is 2.18. The van der Waals surface area contributed by atoms with Gasteiger partial charge in [-0.05, 0) is 57.1 Å². The van der Waals surface area contributed by atoms with Crippen LogP contribution in [0.3, 0.4) is 0 Å². The zero-order chi connectivity index (χ0) is 15.2. The van der Waals surface area contributed by atoms with Crippen LogP contribution >= 0.6 is 15.9 Å². The van der Waals surface area contributed by atoms with E-state index in [1.165, 1.54) is 6.42 Å². The molecule has 0 bridgehead atoms. The summed E-state index contributed by atoms with van der Waals surface area (Å²) in [6.07, 6.45) is 1.90. The fourth-order valence-corrected chi connectivity index (χ4v) is 2.94. The average Bonchev–Trinajstić information content (AvgIpc) is 2.94. The first-order valence-electron chi connectivity index (χ1n) is 7.54. The van der Waals surface area contributed by atoms with Crippen LogP contribution in [0.25, 0.3) is 0 Å².